The van der Waals surface area contributed by atoms with Crippen LogP contribution in [0.25, 0.3) is 11.3 Å². The Kier molecular flexibility index (Phi) is 5.78. The van der Waals surface area contributed by atoms with Crippen molar-refractivity contribution >= 4 is 22.4 Å². The van der Waals surface area contributed by atoms with Gasteiger partial charge in [0.05, 0.1) is 12.8 Å². The molecule has 0 atom stereocenters. The maximum Gasteiger partial charge on any atom is 0.274 e. The van der Waals surface area contributed by atoms with E-state index in [1.807, 2.05) is 36.4 Å². The van der Waals surface area contributed by atoms with Crippen LogP contribution in [0.3, 0.4) is 0 Å². The molecule has 0 aliphatic carbocycles. The Bertz CT molecular complexity index is 1000. The zero-order valence-electron chi connectivity index (χ0n) is 16.2. The van der Waals surface area contributed by atoms with Gasteiger partial charge in [0, 0.05) is 29.6 Å². The van der Waals surface area contributed by atoms with Crippen molar-refractivity contribution in [2.45, 2.75) is 19.3 Å². The minimum absolute atomic E-state index is 0.476. The van der Waals surface area contributed by atoms with E-state index in [-0.39, 0.29) is 0 Å². The van der Waals surface area contributed by atoms with Crippen molar-refractivity contribution in [2.75, 3.05) is 25.1 Å². The number of thiazole rings is 1. The molecular formula is C22H23N3O3S. The van der Waals surface area contributed by atoms with E-state index in [0.29, 0.717) is 5.56 Å². The molecular weight excluding hydrogens is 386 g/mol. The molecule has 29 heavy (non-hydrogen) atoms. The number of aryl methyl sites for hydroxylation is 1. The second-order valence-corrected chi connectivity index (χ2v) is 7.85. The third-order valence-electron chi connectivity index (χ3n) is 5.24. The second-order valence-electron chi connectivity index (χ2n) is 7.01. The number of aromatic nitrogens is 1. The van der Waals surface area contributed by atoms with Gasteiger partial charge in [0.2, 0.25) is 0 Å². The Balaban J connectivity index is 1.51. The second kappa shape index (κ2) is 8.63. The first kappa shape index (κ1) is 19.4. The number of rotatable bonds is 4. The summed E-state index contributed by atoms with van der Waals surface area (Å²) in [6.45, 7) is 1.79. The largest absolute Gasteiger partial charge is 0.497 e. The lowest BCUT2D eigenvalue weighted by atomic mass is 9.96. The lowest BCUT2D eigenvalue weighted by molar-refractivity contribution is 0.0706. The number of ether oxygens (including phenoxy) is 1. The van der Waals surface area contributed by atoms with Gasteiger partial charge < -0.3 is 9.64 Å². The number of nitrogens with zero attached hydrogens (tertiary/aromatic N) is 2. The van der Waals surface area contributed by atoms with Crippen molar-refractivity contribution in [1.29, 1.82) is 0 Å². The normalized spacial score (nSPS) is 13.9. The number of carbonyl (C=O) groups excluding carboxylic acids is 1. The van der Waals surface area contributed by atoms with Gasteiger partial charge in [-0.25, -0.2) is 10.5 Å². The number of methoxy groups -OCH3 is 1. The van der Waals surface area contributed by atoms with Gasteiger partial charge in [-0.2, -0.15) is 0 Å². The van der Waals surface area contributed by atoms with Gasteiger partial charge in [-0.15, -0.1) is 11.3 Å². The van der Waals surface area contributed by atoms with E-state index in [0.717, 1.165) is 60.1 Å². The summed E-state index contributed by atoms with van der Waals surface area (Å²) in [6.07, 6.45) is 2.82. The van der Waals surface area contributed by atoms with E-state index in [9.17, 15) is 4.79 Å². The molecule has 0 radical (unpaired) electrons. The molecule has 1 amide bonds. The number of benzene rings is 2. The first-order valence-corrected chi connectivity index (χ1v) is 10.5. The summed E-state index contributed by atoms with van der Waals surface area (Å²) in [5, 5.41) is 12.0. The summed E-state index contributed by atoms with van der Waals surface area (Å²) in [6, 6.07) is 13.6. The number of hydrogen-bond acceptors (Lipinski definition) is 6. The zero-order valence-corrected chi connectivity index (χ0v) is 17.0. The molecule has 0 saturated heterocycles. The van der Waals surface area contributed by atoms with Gasteiger partial charge in [0.25, 0.3) is 5.91 Å². The molecule has 0 fully saturated rings. The monoisotopic (exact) mass is 409 g/mol. The van der Waals surface area contributed by atoms with Gasteiger partial charge in [-0.3, -0.25) is 10.0 Å². The van der Waals surface area contributed by atoms with Crippen LogP contribution in [0.1, 0.15) is 27.9 Å². The number of amides is 1. The van der Waals surface area contributed by atoms with Crippen LogP contribution < -0.4 is 15.1 Å². The maximum absolute atomic E-state index is 11.7. The van der Waals surface area contributed by atoms with E-state index >= 15 is 0 Å². The highest BCUT2D eigenvalue weighted by Gasteiger charge is 2.17. The van der Waals surface area contributed by atoms with Crippen molar-refractivity contribution < 1.29 is 14.7 Å². The molecule has 1 aliphatic rings. The number of carbonyl (C=O) groups is 1. The summed E-state index contributed by atoms with van der Waals surface area (Å²) in [5.41, 5.74) is 6.67. The van der Waals surface area contributed by atoms with E-state index in [2.05, 4.69) is 10.3 Å². The van der Waals surface area contributed by atoms with Crippen LogP contribution in [0.2, 0.25) is 0 Å². The van der Waals surface area contributed by atoms with E-state index < -0.39 is 5.91 Å². The molecule has 4 rings (SSSR count). The Morgan fingerprint density at radius 3 is 2.72 bits per heavy atom. The molecule has 0 bridgehead atoms. The number of nitrogens with one attached hydrogen (secondary N) is 1. The Morgan fingerprint density at radius 1 is 1.14 bits per heavy atom. The molecule has 3 aromatic rings. The zero-order chi connectivity index (χ0) is 20.2. The predicted molar refractivity (Wildman–Crippen MR) is 114 cm³/mol. The molecule has 0 saturated carbocycles. The minimum atomic E-state index is -0.476. The fourth-order valence-corrected chi connectivity index (χ4v) is 4.52. The van der Waals surface area contributed by atoms with Crippen molar-refractivity contribution in [2.24, 2.45) is 0 Å². The first-order chi connectivity index (χ1) is 14.2. The van der Waals surface area contributed by atoms with Crippen LogP contribution >= 0.6 is 11.3 Å². The van der Waals surface area contributed by atoms with Crippen molar-refractivity contribution in [3.05, 3.63) is 64.5 Å². The summed E-state index contributed by atoms with van der Waals surface area (Å²) in [5.74, 6) is 0.358. The highest BCUT2D eigenvalue weighted by atomic mass is 32.1. The third-order valence-corrected chi connectivity index (χ3v) is 6.14. The average molecular weight is 410 g/mol. The highest BCUT2D eigenvalue weighted by molar-refractivity contribution is 7.14. The van der Waals surface area contributed by atoms with E-state index in [4.69, 9.17) is 14.9 Å². The molecule has 2 heterocycles. The van der Waals surface area contributed by atoms with Crippen molar-refractivity contribution in [1.82, 2.24) is 10.5 Å². The lowest BCUT2D eigenvalue weighted by Gasteiger charge is -2.25. The Morgan fingerprint density at radius 2 is 1.97 bits per heavy atom. The van der Waals surface area contributed by atoms with Crippen molar-refractivity contribution in [3.63, 3.8) is 0 Å². The summed E-state index contributed by atoms with van der Waals surface area (Å²) >= 11 is 1.66. The van der Waals surface area contributed by atoms with Gasteiger partial charge in [-0.1, -0.05) is 6.07 Å². The summed E-state index contributed by atoms with van der Waals surface area (Å²) in [4.78, 5) is 18.9. The number of hydrogen-bond donors (Lipinski definition) is 2. The quantitative estimate of drug-likeness (QED) is 0.504. The molecule has 1 aliphatic heterocycles. The van der Waals surface area contributed by atoms with Crippen LogP contribution in [0, 0.1) is 0 Å². The Labute approximate surface area is 173 Å². The van der Waals surface area contributed by atoms with Crippen molar-refractivity contribution in [3.8, 4) is 17.0 Å². The van der Waals surface area contributed by atoms with Crippen LogP contribution in [-0.4, -0.2) is 36.3 Å². The molecule has 6 nitrogen and oxygen atoms in total. The van der Waals surface area contributed by atoms with Gasteiger partial charge in [-0.05, 0) is 66.8 Å². The summed E-state index contributed by atoms with van der Waals surface area (Å²) < 4.78 is 5.23. The minimum Gasteiger partial charge on any atom is -0.497 e. The Hall–Kier alpha value is -2.90. The maximum atomic E-state index is 11.7. The molecule has 2 aromatic carbocycles. The van der Waals surface area contributed by atoms with Crippen LogP contribution in [0.15, 0.2) is 47.8 Å². The average Bonchev–Trinajstić information content (AvgIpc) is 3.24. The van der Waals surface area contributed by atoms with Crippen LogP contribution in [0.5, 0.6) is 5.75 Å². The molecule has 2 N–H and O–H groups in total. The fourth-order valence-electron chi connectivity index (χ4n) is 3.63. The molecule has 0 unspecified atom stereocenters. The predicted octanol–water partition coefficient (Wildman–Crippen LogP) is 3.93. The van der Waals surface area contributed by atoms with E-state index in [1.165, 1.54) is 5.56 Å². The smallest absolute Gasteiger partial charge is 0.274 e. The first-order valence-electron chi connectivity index (χ1n) is 9.59. The molecule has 7 heteroatoms. The topological polar surface area (TPSA) is 74.7 Å². The van der Waals surface area contributed by atoms with Crippen LogP contribution in [-0.2, 0) is 12.8 Å². The lowest BCUT2D eigenvalue weighted by Crippen LogP contribution is -2.29. The summed E-state index contributed by atoms with van der Waals surface area (Å²) in [7, 11) is 1.66. The standard InChI is InChI=1S/C22H23N3O3S/c1-28-19-8-6-16(7-9-19)20-14-29-22(23-20)25-11-2-3-15-4-5-18(21(26)24-27)13-17(15)10-12-25/h4-9,13-14,27H,2-3,10-12H2,1H3,(H,24,26). The molecule has 1 aromatic heterocycles. The fraction of sp³-hybridized carbons (Fsp3) is 0.273. The van der Waals surface area contributed by atoms with Gasteiger partial charge >= 0.3 is 0 Å². The molecule has 150 valence electrons. The van der Waals surface area contributed by atoms with Gasteiger partial charge in [0.1, 0.15) is 5.75 Å². The molecule has 0 spiro atoms. The number of hydroxylamine groups is 1. The third kappa shape index (κ3) is 4.26. The van der Waals surface area contributed by atoms with Gasteiger partial charge in [0.15, 0.2) is 5.13 Å². The van der Waals surface area contributed by atoms with E-state index in [1.54, 1.807) is 30.0 Å². The highest BCUT2D eigenvalue weighted by Crippen LogP contribution is 2.30. The SMILES string of the molecule is COc1ccc(-c2csc(N3CCCc4ccc(C(=O)NO)cc4CC3)n2)cc1. The van der Waals surface area contributed by atoms with Crippen LogP contribution in [0.4, 0.5) is 5.13 Å². The number of anilines is 1. The number of fused-ring (bicyclic) bond motifs is 1.